The minimum absolute atomic E-state index is 0.335. The van der Waals surface area contributed by atoms with Gasteiger partial charge >= 0.3 is 5.97 Å². The van der Waals surface area contributed by atoms with Crippen LogP contribution < -0.4 is 5.32 Å². The van der Waals surface area contributed by atoms with Crippen LogP contribution in [-0.2, 0) is 11.8 Å². The van der Waals surface area contributed by atoms with Gasteiger partial charge in [0.2, 0.25) is 0 Å². The van der Waals surface area contributed by atoms with E-state index in [0.29, 0.717) is 18.5 Å². The van der Waals surface area contributed by atoms with Gasteiger partial charge < -0.3 is 10.4 Å². The van der Waals surface area contributed by atoms with Crippen LogP contribution in [0, 0.1) is 6.92 Å². The topological polar surface area (TPSA) is 84.2 Å². The Bertz CT molecular complexity index is 461. The van der Waals surface area contributed by atoms with Crippen molar-refractivity contribution in [3.05, 3.63) is 17.5 Å². The average Bonchev–Trinajstić information content (AvgIpc) is 2.65. The van der Waals surface area contributed by atoms with E-state index in [-0.39, 0.29) is 0 Å². The maximum Gasteiger partial charge on any atom is 0.329 e. The number of aryl methyl sites for hydroxylation is 2. The number of nitrogens with zero attached hydrogens (tertiary/aromatic N) is 2. The van der Waals surface area contributed by atoms with Gasteiger partial charge in [-0.25, -0.2) is 4.79 Å². The van der Waals surface area contributed by atoms with Gasteiger partial charge in [0.1, 0.15) is 11.2 Å². The van der Waals surface area contributed by atoms with E-state index >= 15 is 0 Å². The maximum atomic E-state index is 12.1. The van der Waals surface area contributed by atoms with E-state index in [2.05, 4.69) is 10.4 Å². The molecule has 0 bridgehead atoms. The van der Waals surface area contributed by atoms with Crippen LogP contribution >= 0.6 is 0 Å². The number of carbonyl (C=O) groups is 2. The molecule has 0 aromatic carbocycles. The number of aliphatic carboxylic acids is 1. The van der Waals surface area contributed by atoms with Crippen molar-refractivity contribution in [3.63, 3.8) is 0 Å². The summed E-state index contributed by atoms with van der Waals surface area (Å²) in [6.07, 6.45) is 0.669. The van der Waals surface area contributed by atoms with Gasteiger partial charge in [0, 0.05) is 7.05 Å². The van der Waals surface area contributed by atoms with Crippen LogP contribution in [0.1, 0.15) is 42.9 Å². The zero-order valence-corrected chi connectivity index (χ0v) is 11.1. The monoisotopic (exact) mass is 253 g/mol. The Morgan fingerprint density at radius 1 is 1.44 bits per heavy atom. The molecule has 100 valence electrons. The summed E-state index contributed by atoms with van der Waals surface area (Å²) >= 11 is 0. The third-order valence-electron chi connectivity index (χ3n) is 3.20. The zero-order valence-electron chi connectivity index (χ0n) is 11.1. The molecule has 0 aliphatic carbocycles. The molecule has 18 heavy (non-hydrogen) atoms. The smallest absolute Gasteiger partial charge is 0.329 e. The first-order valence-electron chi connectivity index (χ1n) is 5.92. The van der Waals surface area contributed by atoms with Gasteiger partial charge in [0.05, 0.1) is 5.69 Å². The van der Waals surface area contributed by atoms with Crippen LogP contribution in [0.25, 0.3) is 0 Å². The standard InChI is InChI=1S/C12H19N3O3/c1-5-12(6-2,11(17)18)13-10(16)9-7-8(3)14-15(9)4/h7H,5-6H2,1-4H3,(H,13,16)(H,17,18). The van der Waals surface area contributed by atoms with E-state index in [9.17, 15) is 14.7 Å². The average molecular weight is 253 g/mol. The highest BCUT2D eigenvalue weighted by atomic mass is 16.4. The molecular weight excluding hydrogens is 234 g/mol. The molecule has 0 saturated heterocycles. The first-order valence-corrected chi connectivity index (χ1v) is 5.92. The van der Waals surface area contributed by atoms with Gasteiger partial charge in [0.25, 0.3) is 5.91 Å². The first-order chi connectivity index (χ1) is 8.36. The third-order valence-corrected chi connectivity index (χ3v) is 3.20. The molecule has 0 atom stereocenters. The largest absolute Gasteiger partial charge is 0.480 e. The fraction of sp³-hybridized carbons (Fsp3) is 0.583. The van der Waals surface area contributed by atoms with Crippen molar-refractivity contribution in [1.29, 1.82) is 0 Å². The van der Waals surface area contributed by atoms with Gasteiger partial charge in [-0.15, -0.1) is 0 Å². The summed E-state index contributed by atoms with van der Waals surface area (Å²) in [5.41, 5.74) is -0.133. The van der Waals surface area contributed by atoms with Gasteiger partial charge in [-0.05, 0) is 25.8 Å². The van der Waals surface area contributed by atoms with E-state index in [1.54, 1.807) is 33.9 Å². The van der Waals surface area contributed by atoms with Crippen molar-refractivity contribution >= 4 is 11.9 Å². The molecule has 0 spiro atoms. The first kappa shape index (κ1) is 14.2. The molecule has 1 amide bonds. The summed E-state index contributed by atoms with van der Waals surface area (Å²) in [7, 11) is 1.66. The Hall–Kier alpha value is -1.85. The van der Waals surface area contributed by atoms with Gasteiger partial charge in [-0.3, -0.25) is 9.48 Å². The van der Waals surface area contributed by atoms with Crippen molar-refractivity contribution < 1.29 is 14.7 Å². The number of aromatic nitrogens is 2. The number of amides is 1. The second-order valence-electron chi connectivity index (χ2n) is 4.34. The summed E-state index contributed by atoms with van der Waals surface area (Å²) in [5, 5.41) is 15.9. The highest BCUT2D eigenvalue weighted by Gasteiger charge is 2.37. The predicted octanol–water partition coefficient (Wildman–Crippen LogP) is 1.10. The molecule has 0 aliphatic rings. The number of carboxylic acids is 1. The number of hydrogen-bond donors (Lipinski definition) is 2. The van der Waals surface area contributed by atoms with E-state index in [1.165, 1.54) is 4.68 Å². The van der Waals surface area contributed by atoms with Crippen LogP contribution in [0.4, 0.5) is 0 Å². The molecule has 1 heterocycles. The van der Waals surface area contributed by atoms with Crippen molar-refractivity contribution in [2.75, 3.05) is 0 Å². The van der Waals surface area contributed by atoms with Crippen molar-refractivity contribution in [1.82, 2.24) is 15.1 Å². The number of hydrogen-bond acceptors (Lipinski definition) is 3. The Morgan fingerprint density at radius 3 is 2.33 bits per heavy atom. The maximum absolute atomic E-state index is 12.1. The Labute approximate surface area is 106 Å². The van der Waals surface area contributed by atoms with Crippen LogP contribution in [0.5, 0.6) is 0 Å². The second-order valence-corrected chi connectivity index (χ2v) is 4.34. The van der Waals surface area contributed by atoms with Crippen LogP contribution in [0.2, 0.25) is 0 Å². The van der Waals surface area contributed by atoms with E-state index in [4.69, 9.17) is 0 Å². The molecule has 6 nitrogen and oxygen atoms in total. The molecule has 1 aromatic rings. The molecule has 0 fully saturated rings. The van der Waals surface area contributed by atoms with Gasteiger partial charge in [0.15, 0.2) is 0 Å². The normalized spacial score (nSPS) is 11.3. The molecule has 6 heteroatoms. The minimum atomic E-state index is -1.21. The fourth-order valence-electron chi connectivity index (χ4n) is 1.89. The Kier molecular flexibility index (Phi) is 4.11. The van der Waals surface area contributed by atoms with Crippen molar-refractivity contribution in [2.45, 2.75) is 39.2 Å². The lowest BCUT2D eigenvalue weighted by atomic mass is 9.93. The number of carbonyl (C=O) groups excluding carboxylic acids is 1. The number of nitrogens with one attached hydrogen (secondary N) is 1. The molecule has 0 unspecified atom stereocenters. The molecule has 0 saturated carbocycles. The number of rotatable bonds is 5. The summed E-state index contributed by atoms with van der Waals surface area (Å²) in [4.78, 5) is 23.4. The highest BCUT2D eigenvalue weighted by Crippen LogP contribution is 2.16. The van der Waals surface area contributed by atoms with E-state index in [0.717, 1.165) is 5.69 Å². The Balaban J connectivity index is 2.99. The fourth-order valence-corrected chi connectivity index (χ4v) is 1.89. The quantitative estimate of drug-likeness (QED) is 0.823. The summed E-state index contributed by atoms with van der Waals surface area (Å²) in [6, 6.07) is 1.63. The lowest BCUT2D eigenvalue weighted by Gasteiger charge is -2.27. The molecule has 1 rings (SSSR count). The molecule has 1 aromatic heterocycles. The third kappa shape index (κ3) is 2.52. The zero-order chi connectivity index (χ0) is 13.9. The Morgan fingerprint density at radius 2 is 2.00 bits per heavy atom. The molecule has 0 aliphatic heterocycles. The van der Waals surface area contributed by atoms with E-state index in [1.807, 2.05) is 0 Å². The van der Waals surface area contributed by atoms with E-state index < -0.39 is 17.4 Å². The van der Waals surface area contributed by atoms with Gasteiger partial charge in [-0.1, -0.05) is 13.8 Å². The van der Waals surface area contributed by atoms with Crippen molar-refractivity contribution in [2.24, 2.45) is 7.05 Å². The SMILES string of the molecule is CCC(CC)(NC(=O)c1cc(C)nn1C)C(=O)O. The highest BCUT2D eigenvalue weighted by molar-refractivity contribution is 5.96. The van der Waals surface area contributed by atoms with Crippen molar-refractivity contribution in [3.8, 4) is 0 Å². The molecular formula is C12H19N3O3. The lowest BCUT2D eigenvalue weighted by Crippen LogP contribution is -2.54. The van der Waals surface area contributed by atoms with Crippen LogP contribution in [-0.4, -0.2) is 32.3 Å². The summed E-state index contributed by atoms with van der Waals surface area (Å²) < 4.78 is 1.45. The second kappa shape index (κ2) is 5.20. The summed E-state index contributed by atoms with van der Waals surface area (Å²) in [5.74, 6) is -1.43. The van der Waals surface area contributed by atoms with Crippen LogP contribution in [0.3, 0.4) is 0 Å². The summed E-state index contributed by atoms with van der Waals surface area (Å²) in [6.45, 7) is 5.26. The van der Waals surface area contributed by atoms with Crippen LogP contribution in [0.15, 0.2) is 6.07 Å². The number of carboxylic acid groups (broad SMARTS) is 1. The minimum Gasteiger partial charge on any atom is -0.480 e. The molecule has 2 N–H and O–H groups in total. The predicted molar refractivity (Wildman–Crippen MR) is 66.4 cm³/mol. The lowest BCUT2D eigenvalue weighted by molar-refractivity contribution is -0.144. The molecule has 0 radical (unpaired) electrons. The van der Waals surface area contributed by atoms with Gasteiger partial charge in [-0.2, -0.15) is 5.10 Å².